The Morgan fingerprint density at radius 2 is 2.20 bits per heavy atom. The summed E-state index contributed by atoms with van der Waals surface area (Å²) in [6.45, 7) is 8.52. The molecule has 1 aliphatic rings. The molecule has 0 saturated carbocycles. The minimum absolute atomic E-state index is 0.0824. The topological polar surface area (TPSA) is 38.3 Å². The molecule has 0 bridgehead atoms. The second kappa shape index (κ2) is 6.23. The highest BCUT2D eigenvalue weighted by atomic mass is 16.5. The zero-order valence-electron chi connectivity index (χ0n) is 10.1. The highest BCUT2D eigenvalue weighted by Gasteiger charge is 2.33. The molecule has 3 nitrogen and oxygen atoms in total. The van der Waals surface area contributed by atoms with Crippen LogP contribution < -0.4 is 5.32 Å². The van der Waals surface area contributed by atoms with E-state index in [1.54, 1.807) is 0 Å². The van der Waals surface area contributed by atoms with Crippen molar-refractivity contribution >= 4 is 5.78 Å². The van der Waals surface area contributed by atoms with Gasteiger partial charge in [0.2, 0.25) is 0 Å². The summed E-state index contributed by atoms with van der Waals surface area (Å²) >= 11 is 0. The number of carbonyl (C=O) groups is 1. The van der Waals surface area contributed by atoms with Crippen LogP contribution >= 0.6 is 0 Å². The molecule has 3 unspecified atom stereocenters. The number of ether oxygens (including phenoxy) is 1. The lowest BCUT2D eigenvalue weighted by atomic mass is 9.91. The lowest BCUT2D eigenvalue weighted by Gasteiger charge is -2.18. The molecule has 0 aromatic carbocycles. The Labute approximate surface area is 92.6 Å². The van der Waals surface area contributed by atoms with Crippen molar-refractivity contribution in [3.63, 3.8) is 0 Å². The molecule has 0 aromatic rings. The first-order valence-electron chi connectivity index (χ1n) is 6.02. The van der Waals surface area contributed by atoms with Gasteiger partial charge < -0.3 is 10.1 Å². The van der Waals surface area contributed by atoms with Crippen LogP contribution in [0, 0.1) is 11.8 Å². The van der Waals surface area contributed by atoms with Crippen LogP contribution in [0.2, 0.25) is 0 Å². The Morgan fingerprint density at radius 3 is 2.80 bits per heavy atom. The van der Waals surface area contributed by atoms with E-state index in [-0.39, 0.29) is 12.0 Å². The molecule has 0 radical (unpaired) electrons. The molecule has 1 heterocycles. The normalized spacial score (nSPS) is 27.9. The molecule has 1 N–H and O–H groups in total. The smallest absolute Gasteiger partial charge is 0.140 e. The van der Waals surface area contributed by atoms with Gasteiger partial charge in [-0.2, -0.15) is 0 Å². The molecule has 3 heteroatoms. The van der Waals surface area contributed by atoms with Crippen LogP contribution in [0.1, 0.15) is 33.6 Å². The van der Waals surface area contributed by atoms with Gasteiger partial charge in [-0.1, -0.05) is 27.2 Å². The molecule has 0 aromatic heterocycles. The third kappa shape index (κ3) is 3.58. The zero-order chi connectivity index (χ0) is 11.3. The van der Waals surface area contributed by atoms with Crippen LogP contribution in [-0.2, 0) is 9.53 Å². The van der Waals surface area contributed by atoms with Gasteiger partial charge in [-0.25, -0.2) is 0 Å². The van der Waals surface area contributed by atoms with Crippen LogP contribution in [0.3, 0.4) is 0 Å². The third-order valence-electron chi connectivity index (χ3n) is 3.21. The summed E-state index contributed by atoms with van der Waals surface area (Å²) in [5, 5.41) is 3.32. The molecule has 0 spiro atoms. The highest BCUT2D eigenvalue weighted by molar-refractivity contribution is 5.82. The second-order valence-electron chi connectivity index (χ2n) is 4.49. The predicted molar refractivity (Wildman–Crippen MR) is 60.9 cm³/mol. The van der Waals surface area contributed by atoms with Gasteiger partial charge in [-0.3, -0.25) is 4.79 Å². The van der Waals surface area contributed by atoms with E-state index in [0.717, 1.165) is 13.0 Å². The first-order chi connectivity index (χ1) is 7.19. The minimum Gasteiger partial charge on any atom is -0.379 e. The predicted octanol–water partition coefficient (Wildman–Crippen LogP) is 1.62. The molecule has 88 valence electrons. The molecule has 1 aliphatic heterocycles. The zero-order valence-corrected chi connectivity index (χ0v) is 10.1. The van der Waals surface area contributed by atoms with Crippen LogP contribution in [0.15, 0.2) is 0 Å². The number of rotatable bonds is 6. The maximum absolute atomic E-state index is 12.0. The fourth-order valence-electron chi connectivity index (χ4n) is 1.97. The van der Waals surface area contributed by atoms with Gasteiger partial charge in [0.1, 0.15) is 5.78 Å². The molecule has 1 rings (SSSR count). The van der Waals surface area contributed by atoms with E-state index in [9.17, 15) is 4.79 Å². The summed E-state index contributed by atoms with van der Waals surface area (Å²) in [5.74, 6) is 0.951. The van der Waals surface area contributed by atoms with Crippen molar-refractivity contribution in [2.24, 2.45) is 11.8 Å². The Morgan fingerprint density at radius 1 is 1.47 bits per heavy atom. The van der Waals surface area contributed by atoms with E-state index >= 15 is 0 Å². The fraction of sp³-hybridized carbons (Fsp3) is 0.917. The van der Waals surface area contributed by atoms with E-state index in [2.05, 4.69) is 26.1 Å². The Balaban J connectivity index is 2.43. The van der Waals surface area contributed by atoms with Crippen molar-refractivity contribution in [3.8, 4) is 0 Å². The fourth-order valence-corrected chi connectivity index (χ4v) is 1.97. The van der Waals surface area contributed by atoms with Crippen LogP contribution in [0.4, 0.5) is 0 Å². The molecule has 0 aliphatic carbocycles. The van der Waals surface area contributed by atoms with Gasteiger partial charge in [0, 0.05) is 12.5 Å². The third-order valence-corrected chi connectivity index (χ3v) is 3.21. The van der Waals surface area contributed by atoms with E-state index in [1.165, 1.54) is 0 Å². The van der Waals surface area contributed by atoms with Gasteiger partial charge in [0.15, 0.2) is 0 Å². The number of hydrogen-bond acceptors (Lipinski definition) is 3. The number of likely N-dealkylation sites (N-methyl/N-ethyl adjacent to an activating group) is 1. The molecule has 1 fully saturated rings. The number of ketones is 1. The molecule has 15 heavy (non-hydrogen) atoms. The summed E-state index contributed by atoms with van der Waals surface area (Å²) in [6.07, 6.45) is 1.78. The van der Waals surface area contributed by atoms with E-state index in [1.807, 2.05) is 0 Å². The largest absolute Gasteiger partial charge is 0.379 e. The van der Waals surface area contributed by atoms with Gasteiger partial charge >= 0.3 is 0 Å². The minimum atomic E-state index is 0.0824. The van der Waals surface area contributed by atoms with Gasteiger partial charge in [-0.05, 0) is 12.5 Å². The molecular formula is C12H23NO2. The number of carbonyl (C=O) groups excluding carboxylic acids is 1. The van der Waals surface area contributed by atoms with E-state index in [4.69, 9.17) is 4.74 Å². The Kier molecular flexibility index (Phi) is 5.26. The van der Waals surface area contributed by atoms with Gasteiger partial charge in [0.25, 0.3) is 0 Å². The maximum atomic E-state index is 12.0. The summed E-state index contributed by atoms with van der Waals surface area (Å²) in [5.41, 5.74) is 0. The van der Waals surface area contributed by atoms with E-state index < -0.39 is 0 Å². The highest BCUT2D eigenvalue weighted by Crippen LogP contribution is 2.19. The van der Waals surface area contributed by atoms with Crippen molar-refractivity contribution in [3.05, 3.63) is 0 Å². The van der Waals surface area contributed by atoms with Crippen molar-refractivity contribution in [2.45, 2.75) is 39.7 Å². The summed E-state index contributed by atoms with van der Waals surface area (Å²) < 4.78 is 5.38. The average Bonchev–Trinajstić information content (AvgIpc) is 2.66. The molecule has 3 atom stereocenters. The first-order valence-corrected chi connectivity index (χ1v) is 6.02. The van der Waals surface area contributed by atoms with Crippen LogP contribution in [-0.4, -0.2) is 31.6 Å². The van der Waals surface area contributed by atoms with Gasteiger partial charge in [0.05, 0.1) is 19.1 Å². The van der Waals surface area contributed by atoms with E-state index in [0.29, 0.717) is 31.3 Å². The second-order valence-corrected chi connectivity index (χ2v) is 4.49. The quantitative estimate of drug-likeness (QED) is 0.728. The SMILES string of the molecule is CCNC1COCC1C(=O)CC(C)CC. The van der Waals surface area contributed by atoms with Crippen molar-refractivity contribution in [1.82, 2.24) is 5.32 Å². The Hall–Kier alpha value is -0.410. The lowest BCUT2D eigenvalue weighted by Crippen LogP contribution is -2.39. The van der Waals surface area contributed by atoms with Crippen molar-refractivity contribution in [1.29, 1.82) is 0 Å². The van der Waals surface area contributed by atoms with Crippen molar-refractivity contribution < 1.29 is 9.53 Å². The summed E-state index contributed by atoms with van der Waals surface area (Å²) in [6, 6.07) is 0.242. The maximum Gasteiger partial charge on any atom is 0.140 e. The Bertz CT molecular complexity index is 206. The average molecular weight is 213 g/mol. The van der Waals surface area contributed by atoms with Crippen molar-refractivity contribution in [2.75, 3.05) is 19.8 Å². The monoisotopic (exact) mass is 213 g/mol. The summed E-state index contributed by atoms with van der Waals surface area (Å²) in [4.78, 5) is 12.0. The molecular weight excluding hydrogens is 190 g/mol. The number of Topliss-reactive ketones (excluding diaryl/α,β-unsaturated/α-hetero) is 1. The van der Waals surface area contributed by atoms with Gasteiger partial charge in [-0.15, -0.1) is 0 Å². The van der Waals surface area contributed by atoms with Crippen LogP contribution in [0.5, 0.6) is 0 Å². The first kappa shape index (κ1) is 12.7. The lowest BCUT2D eigenvalue weighted by molar-refractivity contribution is -0.124. The number of nitrogens with one attached hydrogen (secondary N) is 1. The standard InChI is InChI=1S/C12H23NO2/c1-4-9(3)6-12(14)10-7-15-8-11(10)13-5-2/h9-11,13H,4-8H2,1-3H3. The summed E-state index contributed by atoms with van der Waals surface area (Å²) in [7, 11) is 0. The van der Waals surface area contributed by atoms with Crippen LogP contribution in [0.25, 0.3) is 0 Å². The number of hydrogen-bond donors (Lipinski definition) is 1. The molecule has 1 saturated heterocycles. The molecule has 0 amide bonds.